The molecule has 0 aromatic rings. The van der Waals surface area contributed by atoms with Crippen LogP contribution in [0.4, 0.5) is 0 Å². The highest BCUT2D eigenvalue weighted by molar-refractivity contribution is 6.74. The molecule has 0 atom stereocenters. The van der Waals surface area contributed by atoms with Crippen molar-refractivity contribution in [1.82, 2.24) is 9.96 Å². The lowest BCUT2D eigenvalue weighted by atomic mass is 10.7. The third-order valence-corrected chi connectivity index (χ3v) is 3.00. The van der Waals surface area contributed by atoms with Gasteiger partial charge in [0.1, 0.15) is 0 Å². The van der Waals surface area contributed by atoms with Crippen LogP contribution in [0.15, 0.2) is 0 Å². The van der Waals surface area contributed by atoms with Crippen LogP contribution in [0.5, 0.6) is 0 Å². The summed E-state index contributed by atoms with van der Waals surface area (Å²) in [4.78, 5) is 6.45. The van der Waals surface area contributed by atoms with Crippen LogP contribution in [0.1, 0.15) is 0 Å². The smallest absolute Gasteiger partial charge is 0.208 e. The van der Waals surface area contributed by atoms with E-state index in [9.17, 15) is 0 Å². The lowest BCUT2D eigenvalue weighted by molar-refractivity contribution is 0.942. The van der Waals surface area contributed by atoms with Crippen LogP contribution in [-0.2, 0) is 0 Å². The van der Waals surface area contributed by atoms with E-state index in [4.69, 9.17) is 0 Å². The molecule has 32 valence electrons. The van der Waals surface area contributed by atoms with Gasteiger partial charge in [-0.3, -0.25) is 0 Å². The van der Waals surface area contributed by atoms with Gasteiger partial charge in [-0.25, -0.2) is 0 Å². The van der Waals surface area contributed by atoms with Crippen LogP contribution in [-0.4, -0.2) is 30.6 Å². The fraction of sp³-hybridized carbons (Fsp3) is 1.00. The molecule has 1 fully saturated rings. The van der Waals surface area contributed by atoms with Crippen LogP contribution in [0.25, 0.3) is 0 Å². The van der Waals surface area contributed by atoms with Gasteiger partial charge in [0, 0.05) is 13.1 Å². The summed E-state index contributed by atoms with van der Waals surface area (Å²) in [5, 5.41) is 0. The first-order valence-corrected chi connectivity index (χ1v) is 4.96. The summed E-state index contributed by atoms with van der Waals surface area (Å²) in [5.74, 6) is 0. The molecule has 0 aromatic heterocycles. The van der Waals surface area contributed by atoms with Gasteiger partial charge >= 0.3 is 0 Å². The Morgan fingerprint density at radius 2 is 1.83 bits per heavy atom. The molecule has 0 amide bonds. The van der Waals surface area contributed by atoms with E-state index in [1.54, 1.807) is 0 Å². The summed E-state index contributed by atoms with van der Waals surface area (Å²) in [6.07, 6.45) is 0. The molecule has 0 saturated carbocycles. The predicted molar refractivity (Wildman–Crippen MR) is 27.5 cm³/mol. The zero-order chi connectivity index (χ0) is 4.41. The van der Waals surface area contributed by atoms with Gasteiger partial charge in [-0.1, -0.05) is 0 Å². The number of nitrogens with one attached hydrogen (secondary N) is 2. The summed E-state index contributed by atoms with van der Waals surface area (Å²) < 4.78 is 0. The van der Waals surface area contributed by atoms with Crippen molar-refractivity contribution < 1.29 is 0 Å². The van der Waals surface area contributed by atoms with E-state index < -0.39 is 8.21 Å². The van der Waals surface area contributed by atoms with Crippen molar-refractivity contribution in [2.75, 3.05) is 13.1 Å². The first-order chi connectivity index (χ1) is 2.89. The summed E-state index contributed by atoms with van der Waals surface area (Å²) in [6.45, 7) is 2.25. The fourth-order valence-corrected chi connectivity index (χ4v) is 2.06. The number of hydrogen-bond donors (Lipinski definition) is 2. The van der Waals surface area contributed by atoms with Gasteiger partial charge in [0.25, 0.3) is 0 Å². The Balaban J connectivity index is 2.37. The van der Waals surface area contributed by atoms with E-state index in [1.807, 2.05) is 0 Å². The monoisotopic (exact) mass is 114 g/mol. The molecule has 0 aliphatic carbocycles. The number of hydrogen-bond acceptors (Lipinski definition) is 2. The van der Waals surface area contributed by atoms with Crippen molar-refractivity contribution >= 4 is 17.5 Å². The summed E-state index contributed by atoms with van der Waals surface area (Å²) in [5.41, 5.74) is 0. The summed E-state index contributed by atoms with van der Waals surface area (Å²) in [7, 11) is 3.01. The molecular weight excluding hydrogens is 108 g/mol. The highest BCUT2D eigenvalue weighted by atomic mass is 28.9. The Bertz CT molecular complexity index is 63.9. The molecule has 6 heavy (non-hydrogen) atoms. The van der Waals surface area contributed by atoms with E-state index >= 15 is 0 Å². The molecule has 2 nitrogen and oxygen atoms in total. The predicted octanol–water partition coefficient (Wildman–Crippen LogP) is -1.67. The van der Waals surface area contributed by atoms with Gasteiger partial charge < -0.3 is 9.96 Å². The summed E-state index contributed by atoms with van der Waals surface area (Å²) >= 11 is 0. The molecular formula is C2H6N2Si2. The topological polar surface area (TPSA) is 24.1 Å². The van der Waals surface area contributed by atoms with E-state index in [1.165, 1.54) is 0 Å². The Kier molecular flexibility index (Phi) is 1.16. The maximum Gasteiger partial charge on any atom is 0.208 e. The third kappa shape index (κ3) is 0.750. The molecule has 0 spiro atoms. The summed E-state index contributed by atoms with van der Waals surface area (Å²) in [6, 6.07) is 0. The Hall–Kier alpha value is 0.0338. The second kappa shape index (κ2) is 1.66. The molecule has 0 bridgehead atoms. The average molecular weight is 114 g/mol. The van der Waals surface area contributed by atoms with Gasteiger partial charge in [-0.15, -0.1) is 0 Å². The van der Waals surface area contributed by atoms with Crippen LogP contribution >= 0.6 is 0 Å². The van der Waals surface area contributed by atoms with Crippen molar-refractivity contribution in [3.63, 3.8) is 0 Å². The third-order valence-electron chi connectivity index (χ3n) is 0.729. The van der Waals surface area contributed by atoms with Crippen molar-refractivity contribution in [2.45, 2.75) is 0 Å². The molecule has 2 N–H and O–H groups in total. The molecule has 2 radical (unpaired) electrons. The van der Waals surface area contributed by atoms with Gasteiger partial charge in [-0.2, -0.15) is 0 Å². The molecule has 1 rings (SSSR count). The second-order valence-corrected chi connectivity index (χ2v) is 4.19. The normalized spacial score (nSPS) is 19.7. The second-order valence-electron chi connectivity index (χ2n) is 1.23. The van der Waals surface area contributed by atoms with Crippen LogP contribution in [0.3, 0.4) is 0 Å². The largest absolute Gasteiger partial charge is 0.406 e. The zero-order valence-electron chi connectivity index (χ0n) is 3.41. The molecule has 4 heteroatoms. The average Bonchev–Trinajstić information content (AvgIpc) is 1.86. The van der Waals surface area contributed by atoms with E-state index in [0.717, 1.165) is 13.1 Å². The van der Waals surface area contributed by atoms with Crippen molar-refractivity contribution in [2.24, 2.45) is 0 Å². The molecule has 1 heterocycles. The Labute approximate surface area is 41.4 Å². The van der Waals surface area contributed by atoms with E-state index in [0.29, 0.717) is 0 Å². The first kappa shape index (κ1) is 4.20. The lowest BCUT2D eigenvalue weighted by Crippen LogP contribution is -2.27. The van der Waals surface area contributed by atoms with Crippen LogP contribution in [0, 0.1) is 0 Å². The molecule has 0 aromatic carbocycles. The molecule has 1 aliphatic heterocycles. The number of rotatable bonds is 0. The zero-order valence-corrected chi connectivity index (χ0v) is 5.41. The minimum Gasteiger partial charge on any atom is -0.406 e. The minimum atomic E-state index is -0.452. The first-order valence-electron chi connectivity index (χ1n) is 1.96. The van der Waals surface area contributed by atoms with Crippen molar-refractivity contribution in [3.05, 3.63) is 0 Å². The van der Waals surface area contributed by atoms with Gasteiger partial charge in [-0.05, 0) is 0 Å². The standard InChI is InChI=1S/C2H6N2Si2/c5-6-3-1-2-4-6/h3-4H,1-2H2. The van der Waals surface area contributed by atoms with Gasteiger partial charge in [0.15, 0.2) is 0 Å². The van der Waals surface area contributed by atoms with Crippen LogP contribution in [0.2, 0.25) is 0 Å². The van der Waals surface area contributed by atoms with Crippen LogP contribution < -0.4 is 9.96 Å². The Morgan fingerprint density at radius 3 is 2.00 bits per heavy atom. The highest BCUT2D eigenvalue weighted by Gasteiger charge is 1.98. The fourth-order valence-electron chi connectivity index (χ4n) is 0.437. The van der Waals surface area contributed by atoms with E-state index in [-0.39, 0.29) is 0 Å². The lowest BCUT2D eigenvalue weighted by Gasteiger charge is -1.86. The maximum atomic E-state index is 3.46. The SMILES string of the molecule is [Si]=[Si]1NCCN1. The van der Waals surface area contributed by atoms with Gasteiger partial charge in [0.2, 0.25) is 8.21 Å². The van der Waals surface area contributed by atoms with E-state index in [2.05, 4.69) is 19.3 Å². The molecule has 1 aliphatic rings. The van der Waals surface area contributed by atoms with Gasteiger partial charge in [0.05, 0.1) is 9.34 Å². The van der Waals surface area contributed by atoms with Crippen molar-refractivity contribution in [1.29, 1.82) is 0 Å². The van der Waals surface area contributed by atoms with Crippen molar-refractivity contribution in [3.8, 4) is 0 Å². The Morgan fingerprint density at radius 1 is 1.33 bits per heavy atom. The highest BCUT2D eigenvalue weighted by Crippen LogP contribution is 1.63. The maximum absolute atomic E-state index is 3.46. The molecule has 0 unspecified atom stereocenters. The quantitative estimate of drug-likeness (QED) is 0.368. The molecule has 1 saturated heterocycles. The minimum absolute atomic E-state index is 0.452.